The van der Waals surface area contributed by atoms with Crippen molar-refractivity contribution in [2.45, 2.75) is 6.92 Å². The van der Waals surface area contributed by atoms with E-state index in [1.165, 1.54) is 6.92 Å². The van der Waals surface area contributed by atoms with Gasteiger partial charge in [0.05, 0.1) is 6.54 Å². The summed E-state index contributed by atoms with van der Waals surface area (Å²) < 4.78 is 0. The lowest BCUT2D eigenvalue weighted by Gasteiger charge is -2.28. The largest absolute Gasteiger partial charge is 0.273 e. The Morgan fingerprint density at radius 3 is 3.07 bits per heavy atom. The summed E-state index contributed by atoms with van der Waals surface area (Å²) in [5, 5.41) is 3.21. The molecule has 0 aromatic carbocycles. The predicted octanol–water partition coefficient (Wildman–Crippen LogP) is 1.00. The molecule has 0 unspecified atom stereocenters. The van der Waals surface area contributed by atoms with E-state index in [0.29, 0.717) is 12.4 Å². The molecule has 1 aromatic rings. The Morgan fingerprint density at radius 1 is 1.53 bits per heavy atom. The number of rotatable bonds is 2. The van der Waals surface area contributed by atoms with Gasteiger partial charge in [0.2, 0.25) is 5.91 Å². The van der Waals surface area contributed by atoms with E-state index in [4.69, 9.17) is 0 Å². The van der Waals surface area contributed by atoms with E-state index >= 15 is 0 Å². The molecule has 5 heteroatoms. The van der Waals surface area contributed by atoms with Crippen LogP contribution in [0.25, 0.3) is 0 Å². The minimum atomic E-state index is -0.0107. The smallest absolute Gasteiger partial charge is 0.239 e. The van der Waals surface area contributed by atoms with Crippen molar-refractivity contribution in [1.82, 2.24) is 15.1 Å². The average Bonchev–Trinajstić information content (AvgIpc) is 2.67. The summed E-state index contributed by atoms with van der Waals surface area (Å²) in [6.45, 7) is 2.12. The van der Waals surface area contributed by atoms with Crippen LogP contribution in [0.3, 0.4) is 0 Å². The molecule has 0 spiro atoms. The maximum atomic E-state index is 11.2. The zero-order chi connectivity index (χ0) is 10.7. The lowest BCUT2D eigenvalue weighted by Crippen LogP contribution is -2.42. The van der Waals surface area contributed by atoms with E-state index in [9.17, 15) is 4.79 Å². The molecule has 1 aliphatic heterocycles. The van der Waals surface area contributed by atoms with Crippen molar-refractivity contribution < 1.29 is 4.79 Å². The Balaban J connectivity index is 2.06. The van der Waals surface area contributed by atoms with Crippen LogP contribution in [0.2, 0.25) is 0 Å². The molecule has 78 valence electrons. The van der Waals surface area contributed by atoms with Gasteiger partial charge in [-0.1, -0.05) is 6.07 Å². The van der Waals surface area contributed by atoms with Crippen LogP contribution in [0.1, 0.15) is 6.92 Å². The topological polar surface area (TPSA) is 48.5 Å². The summed E-state index contributed by atoms with van der Waals surface area (Å²) in [7, 11) is 0. The first-order valence-corrected chi connectivity index (χ1v) is 4.69. The summed E-state index contributed by atoms with van der Waals surface area (Å²) in [4.78, 5) is 15.3. The standard InChI is InChI=1S/C10H12N4O/c1-9(15)13-7-4-8-14(13)12-10-5-2-3-6-11-10/h2-6,8H,7H2,1H3,(H,11,12). The van der Waals surface area contributed by atoms with E-state index in [2.05, 4.69) is 10.4 Å². The molecule has 2 rings (SSSR count). The molecule has 15 heavy (non-hydrogen) atoms. The van der Waals surface area contributed by atoms with Gasteiger partial charge >= 0.3 is 0 Å². The number of pyridine rings is 1. The van der Waals surface area contributed by atoms with Crippen LogP contribution >= 0.6 is 0 Å². The van der Waals surface area contributed by atoms with Gasteiger partial charge in [0.15, 0.2) is 0 Å². The molecule has 0 fully saturated rings. The van der Waals surface area contributed by atoms with Gasteiger partial charge in [-0.25, -0.2) is 9.99 Å². The maximum absolute atomic E-state index is 11.2. The van der Waals surface area contributed by atoms with Crippen LogP contribution in [0.5, 0.6) is 0 Å². The van der Waals surface area contributed by atoms with Crippen LogP contribution < -0.4 is 5.43 Å². The van der Waals surface area contributed by atoms with E-state index in [1.54, 1.807) is 22.5 Å². The van der Waals surface area contributed by atoms with Gasteiger partial charge in [-0.2, -0.15) is 5.12 Å². The van der Waals surface area contributed by atoms with Gasteiger partial charge in [0, 0.05) is 19.3 Å². The second-order valence-electron chi connectivity index (χ2n) is 3.16. The molecule has 1 aromatic heterocycles. The summed E-state index contributed by atoms with van der Waals surface area (Å²) in [5.41, 5.74) is 3.01. The number of hydrazine groups is 2. The van der Waals surface area contributed by atoms with E-state index in [0.717, 1.165) is 0 Å². The van der Waals surface area contributed by atoms with Gasteiger partial charge in [0.1, 0.15) is 5.82 Å². The van der Waals surface area contributed by atoms with Crippen LogP contribution in [0, 0.1) is 0 Å². The number of anilines is 1. The Bertz CT molecular complexity index is 376. The molecule has 1 aliphatic rings. The monoisotopic (exact) mass is 204 g/mol. The van der Waals surface area contributed by atoms with Crippen molar-refractivity contribution in [3.63, 3.8) is 0 Å². The summed E-state index contributed by atoms with van der Waals surface area (Å²) in [6.07, 6.45) is 5.40. The fourth-order valence-electron chi connectivity index (χ4n) is 1.34. The van der Waals surface area contributed by atoms with Gasteiger partial charge < -0.3 is 0 Å². The third-order valence-electron chi connectivity index (χ3n) is 2.04. The Morgan fingerprint density at radius 2 is 2.40 bits per heavy atom. The Kier molecular flexibility index (Phi) is 2.53. The highest BCUT2D eigenvalue weighted by Crippen LogP contribution is 2.10. The predicted molar refractivity (Wildman–Crippen MR) is 56.2 cm³/mol. The normalized spacial score (nSPS) is 14.5. The number of amides is 1. The average molecular weight is 204 g/mol. The molecular weight excluding hydrogens is 192 g/mol. The van der Waals surface area contributed by atoms with Crippen LogP contribution in [-0.2, 0) is 4.79 Å². The maximum Gasteiger partial charge on any atom is 0.239 e. The first-order chi connectivity index (χ1) is 7.27. The number of hydrogen-bond donors (Lipinski definition) is 1. The molecular formula is C10H12N4O. The number of hydrogen-bond acceptors (Lipinski definition) is 4. The summed E-state index contributed by atoms with van der Waals surface area (Å²) >= 11 is 0. The van der Waals surface area contributed by atoms with Crippen molar-refractivity contribution >= 4 is 11.7 Å². The van der Waals surface area contributed by atoms with Crippen molar-refractivity contribution in [3.8, 4) is 0 Å². The molecule has 0 saturated heterocycles. The first-order valence-electron chi connectivity index (χ1n) is 4.69. The SMILES string of the molecule is CC(=O)N1CC=CN1Nc1ccccn1. The number of aromatic nitrogens is 1. The number of carbonyl (C=O) groups is 1. The molecule has 0 atom stereocenters. The quantitative estimate of drug-likeness (QED) is 0.780. The highest BCUT2D eigenvalue weighted by atomic mass is 16.2. The fraction of sp³-hybridized carbons (Fsp3) is 0.200. The Hall–Kier alpha value is -2.04. The van der Waals surface area contributed by atoms with E-state index in [1.807, 2.05) is 24.3 Å². The second kappa shape index (κ2) is 4.00. The van der Waals surface area contributed by atoms with Crippen molar-refractivity contribution in [1.29, 1.82) is 0 Å². The minimum Gasteiger partial charge on any atom is -0.273 e. The van der Waals surface area contributed by atoms with Gasteiger partial charge in [-0.15, -0.1) is 0 Å². The molecule has 0 radical (unpaired) electrons. The number of nitrogens with zero attached hydrogens (tertiary/aromatic N) is 3. The number of nitrogens with one attached hydrogen (secondary N) is 1. The van der Waals surface area contributed by atoms with E-state index < -0.39 is 0 Å². The molecule has 1 amide bonds. The van der Waals surface area contributed by atoms with Gasteiger partial charge in [-0.05, 0) is 18.2 Å². The second-order valence-corrected chi connectivity index (χ2v) is 3.16. The molecule has 0 bridgehead atoms. The third-order valence-corrected chi connectivity index (χ3v) is 2.04. The van der Waals surface area contributed by atoms with Crippen LogP contribution in [-0.4, -0.2) is 27.6 Å². The lowest BCUT2D eigenvalue weighted by atomic mass is 10.5. The fourth-order valence-corrected chi connectivity index (χ4v) is 1.34. The van der Waals surface area contributed by atoms with Gasteiger partial charge in [0.25, 0.3) is 0 Å². The first kappa shape index (κ1) is 9.51. The molecule has 5 nitrogen and oxygen atoms in total. The minimum absolute atomic E-state index is 0.0107. The molecule has 0 aliphatic carbocycles. The molecule has 2 heterocycles. The zero-order valence-corrected chi connectivity index (χ0v) is 8.42. The zero-order valence-electron chi connectivity index (χ0n) is 8.42. The summed E-state index contributed by atoms with van der Waals surface area (Å²) in [5.74, 6) is 0.693. The lowest BCUT2D eigenvalue weighted by molar-refractivity contribution is -0.137. The van der Waals surface area contributed by atoms with E-state index in [-0.39, 0.29) is 5.91 Å². The van der Waals surface area contributed by atoms with Crippen LogP contribution in [0.4, 0.5) is 5.82 Å². The number of carbonyl (C=O) groups excluding carboxylic acids is 1. The van der Waals surface area contributed by atoms with Crippen molar-refractivity contribution in [3.05, 3.63) is 36.7 Å². The van der Waals surface area contributed by atoms with Crippen LogP contribution in [0.15, 0.2) is 36.7 Å². The highest BCUT2D eigenvalue weighted by molar-refractivity contribution is 5.73. The van der Waals surface area contributed by atoms with Crippen molar-refractivity contribution in [2.75, 3.05) is 12.0 Å². The molecule has 0 saturated carbocycles. The Labute approximate surface area is 88.0 Å². The summed E-state index contributed by atoms with van der Waals surface area (Å²) in [6, 6.07) is 5.56. The molecule has 1 N–H and O–H groups in total. The van der Waals surface area contributed by atoms with Crippen molar-refractivity contribution in [2.24, 2.45) is 0 Å². The third kappa shape index (κ3) is 2.07. The highest BCUT2D eigenvalue weighted by Gasteiger charge is 2.18. The van der Waals surface area contributed by atoms with Gasteiger partial charge in [-0.3, -0.25) is 10.2 Å².